The van der Waals surface area contributed by atoms with Crippen molar-refractivity contribution in [1.29, 1.82) is 5.26 Å². The predicted octanol–water partition coefficient (Wildman–Crippen LogP) is 4.00. The molecule has 4 rings (SSSR count). The molecule has 0 aliphatic heterocycles. The van der Waals surface area contributed by atoms with E-state index >= 15 is 0 Å². The van der Waals surface area contributed by atoms with Gasteiger partial charge in [0.25, 0.3) is 0 Å². The van der Waals surface area contributed by atoms with Gasteiger partial charge in [-0.15, -0.1) is 0 Å². The highest BCUT2D eigenvalue weighted by molar-refractivity contribution is 5.84. The zero-order chi connectivity index (χ0) is 18.8. The Hall–Kier alpha value is -3.79. The van der Waals surface area contributed by atoms with E-state index in [0.717, 1.165) is 16.8 Å². The number of pyridine rings is 2. The zero-order valence-electron chi connectivity index (χ0n) is 14.5. The van der Waals surface area contributed by atoms with Crippen molar-refractivity contribution in [2.24, 2.45) is 0 Å². The first-order valence-corrected chi connectivity index (χ1v) is 8.37. The minimum Gasteiger partial charge on any atom is -0.361 e. The molecule has 0 radical (unpaired) electrons. The van der Waals surface area contributed by atoms with E-state index < -0.39 is 0 Å². The molecule has 1 N–H and O–H groups in total. The van der Waals surface area contributed by atoms with Gasteiger partial charge in [0.1, 0.15) is 17.7 Å². The predicted molar refractivity (Wildman–Crippen MR) is 99.8 cm³/mol. The third-order valence-corrected chi connectivity index (χ3v) is 4.25. The molecule has 0 fully saturated rings. The Morgan fingerprint density at radius 2 is 2.04 bits per heavy atom. The quantitative estimate of drug-likeness (QED) is 0.596. The summed E-state index contributed by atoms with van der Waals surface area (Å²) in [7, 11) is 0. The molecule has 7 heteroatoms. The molecular formula is C20H15FN6. The maximum absolute atomic E-state index is 13.9. The number of fused-ring (bicyclic) bond motifs is 1. The van der Waals surface area contributed by atoms with Crippen LogP contribution in [-0.4, -0.2) is 19.7 Å². The van der Waals surface area contributed by atoms with Gasteiger partial charge < -0.3 is 5.32 Å². The first-order chi connectivity index (χ1) is 13.2. The number of hydrogen-bond donors (Lipinski definition) is 1. The number of nitrogens with one attached hydrogen (secondary N) is 1. The van der Waals surface area contributed by atoms with Crippen molar-refractivity contribution < 1.29 is 4.39 Å². The van der Waals surface area contributed by atoms with Crippen LogP contribution < -0.4 is 5.32 Å². The molecular weight excluding hydrogens is 343 g/mol. The molecule has 1 aromatic carbocycles. The fraction of sp³-hybridized carbons (Fsp3) is 0.100. The highest BCUT2D eigenvalue weighted by atomic mass is 19.1. The molecule has 0 saturated carbocycles. The lowest BCUT2D eigenvalue weighted by molar-refractivity contribution is 0.629. The first kappa shape index (κ1) is 16.7. The molecule has 1 atom stereocenters. The van der Waals surface area contributed by atoms with Crippen LogP contribution in [0.5, 0.6) is 0 Å². The lowest BCUT2D eigenvalue weighted by Gasteiger charge is -2.13. The van der Waals surface area contributed by atoms with Gasteiger partial charge in [-0.1, -0.05) is 0 Å². The Kier molecular flexibility index (Phi) is 4.22. The van der Waals surface area contributed by atoms with E-state index in [4.69, 9.17) is 0 Å². The molecule has 0 aliphatic carbocycles. The Morgan fingerprint density at radius 3 is 2.81 bits per heavy atom. The summed E-state index contributed by atoms with van der Waals surface area (Å²) in [6.07, 6.45) is 4.97. The summed E-state index contributed by atoms with van der Waals surface area (Å²) in [6.45, 7) is 1.93. The van der Waals surface area contributed by atoms with Gasteiger partial charge in [-0.25, -0.2) is 14.1 Å². The van der Waals surface area contributed by atoms with E-state index in [2.05, 4.69) is 26.5 Å². The number of nitrogens with zero attached hydrogens (tertiary/aromatic N) is 5. The van der Waals surface area contributed by atoms with Crippen molar-refractivity contribution in [2.45, 2.75) is 13.0 Å². The fourth-order valence-electron chi connectivity index (χ4n) is 2.99. The van der Waals surface area contributed by atoms with E-state index in [0.29, 0.717) is 16.9 Å². The Labute approximate surface area is 154 Å². The SMILES string of the molecule is C[C@H](Nc1ncccc1C#N)c1nn(-c2cccnc2)c2cc(F)ccc12. The van der Waals surface area contributed by atoms with Crippen LogP contribution in [0, 0.1) is 17.1 Å². The number of benzene rings is 1. The molecule has 0 bridgehead atoms. The van der Waals surface area contributed by atoms with Gasteiger partial charge in [0, 0.05) is 23.8 Å². The second-order valence-corrected chi connectivity index (χ2v) is 6.05. The van der Waals surface area contributed by atoms with Crippen LogP contribution in [0.15, 0.2) is 61.1 Å². The Balaban J connectivity index is 1.81. The summed E-state index contributed by atoms with van der Waals surface area (Å²) in [5.74, 6) is 0.148. The minimum atomic E-state index is -0.337. The third-order valence-electron chi connectivity index (χ3n) is 4.25. The average Bonchev–Trinajstić information content (AvgIpc) is 3.08. The normalized spacial score (nSPS) is 11.9. The second kappa shape index (κ2) is 6.84. The first-order valence-electron chi connectivity index (χ1n) is 8.37. The molecule has 4 aromatic rings. The number of hydrogen-bond acceptors (Lipinski definition) is 5. The zero-order valence-corrected chi connectivity index (χ0v) is 14.5. The second-order valence-electron chi connectivity index (χ2n) is 6.05. The molecule has 132 valence electrons. The number of rotatable bonds is 4. The van der Waals surface area contributed by atoms with Gasteiger partial charge in [-0.3, -0.25) is 4.98 Å². The van der Waals surface area contributed by atoms with Crippen LogP contribution in [-0.2, 0) is 0 Å². The third kappa shape index (κ3) is 3.09. The monoisotopic (exact) mass is 358 g/mol. The standard InChI is InChI=1S/C20H15FN6/c1-13(25-20-14(11-22)4-2-9-24-20)19-17-7-6-15(21)10-18(17)27(26-19)16-5-3-8-23-12-16/h2-10,12-13H,1H3,(H,24,25)/t13-/m0/s1. The molecule has 0 unspecified atom stereocenters. The topological polar surface area (TPSA) is 79.4 Å². The van der Waals surface area contributed by atoms with Gasteiger partial charge in [0.15, 0.2) is 0 Å². The average molecular weight is 358 g/mol. The van der Waals surface area contributed by atoms with Crippen molar-refractivity contribution in [2.75, 3.05) is 5.32 Å². The number of nitriles is 1. The van der Waals surface area contributed by atoms with Gasteiger partial charge >= 0.3 is 0 Å². The van der Waals surface area contributed by atoms with E-state index in [1.807, 2.05) is 13.0 Å². The fourth-order valence-corrected chi connectivity index (χ4v) is 2.99. The van der Waals surface area contributed by atoms with Crippen LogP contribution in [0.1, 0.15) is 24.2 Å². The summed E-state index contributed by atoms with van der Waals surface area (Å²) < 4.78 is 15.5. The van der Waals surface area contributed by atoms with Crippen LogP contribution in [0.4, 0.5) is 10.2 Å². The molecule has 27 heavy (non-hydrogen) atoms. The van der Waals surface area contributed by atoms with Crippen LogP contribution in [0.2, 0.25) is 0 Å². The highest BCUT2D eigenvalue weighted by Crippen LogP contribution is 2.29. The lowest BCUT2D eigenvalue weighted by Crippen LogP contribution is -2.10. The Bertz CT molecular complexity index is 1150. The van der Waals surface area contributed by atoms with E-state index in [9.17, 15) is 9.65 Å². The smallest absolute Gasteiger partial charge is 0.144 e. The summed E-state index contributed by atoms with van der Waals surface area (Å²) in [5.41, 5.74) is 2.56. The van der Waals surface area contributed by atoms with Crippen LogP contribution in [0.3, 0.4) is 0 Å². The minimum absolute atomic E-state index is 0.252. The molecule has 0 saturated heterocycles. The van der Waals surface area contributed by atoms with Crippen molar-refractivity contribution in [1.82, 2.24) is 19.7 Å². The van der Waals surface area contributed by atoms with E-state index in [1.54, 1.807) is 47.5 Å². The van der Waals surface area contributed by atoms with Gasteiger partial charge in [-0.05, 0) is 43.3 Å². The van der Waals surface area contributed by atoms with E-state index in [1.165, 1.54) is 12.1 Å². The summed E-state index contributed by atoms with van der Waals surface area (Å²) in [5, 5.41) is 18.0. The van der Waals surface area contributed by atoms with Crippen LogP contribution >= 0.6 is 0 Å². The lowest BCUT2D eigenvalue weighted by atomic mass is 10.1. The summed E-state index contributed by atoms with van der Waals surface area (Å²) >= 11 is 0. The molecule has 3 heterocycles. The molecule has 0 spiro atoms. The number of anilines is 1. The largest absolute Gasteiger partial charge is 0.361 e. The van der Waals surface area contributed by atoms with Crippen molar-refractivity contribution in [3.05, 3.63) is 78.1 Å². The van der Waals surface area contributed by atoms with Gasteiger partial charge in [0.05, 0.1) is 34.7 Å². The molecule has 0 amide bonds. The van der Waals surface area contributed by atoms with Crippen molar-refractivity contribution in [3.8, 4) is 11.8 Å². The molecule has 6 nitrogen and oxygen atoms in total. The summed E-state index contributed by atoms with van der Waals surface area (Å²) in [6, 6.07) is 13.5. The Morgan fingerprint density at radius 1 is 1.19 bits per heavy atom. The van der Waals surface area contributed by atoms with Gasteiger partial charge in [-0.2, -0.15) is 10.4 Å². The van der Waals surface area contributed by atoms with Gasteiger partial charge in [0.2, 0.25) is 0 Å². The molecule has 3 aromatic heterocycles. The van der Waals surface area contributed by atoms with E-state index in [-0.39, 0.29) is 11.9 Å². The maximum atomic E-state index is 13.9. The van der Waals surface area contributed by atoms with Crippen LogP contribution in [0.25, 0.3) is 16.6 Å². The highest BCUT2D eigenvalue weighted by Gasteiger charge is 2.19. The number of halogens is 1. The maximum Gasteiger partial charge on any atom is 0.144 e. The van der Waals surface area contributed by atoms with Crippen molar-refractivity contribution in [3.63, 3.8) is 0 Å². The van der Waals surface area contributed by atoms with Crippen molar-refractivity contribution >= 4 is 16.7 Å². The summed E-state index contributed by atoms with van der Waals surface area (Å²) in [4.78, 5) is 8.35. The number of aromatic nitrogens is 4. The molecule has 0 aliphatic rings.